The first kappa shape index (κ1) is 16.5. The van der Waals surface area contributed by atoms with Crippen LogP contribution in [-0.4, -0.2) is 19.0 Å². The van der Waals surface area contributed by atoms with Crippen LogP contribution in [0.25, 0.3) is 0 Å². The fourth-order valence-electron chi connectivity index (χ4n) is 1.71. The van der Waals surface area contributed by atoms with Crippen molar-refractivity contribution in [3.63, 3.8) is 0 Å². The molecule has 1 amide bonds. The molecule has 0 radical (unpaired) electrons. The van der Waals surface area contributed by atoms with Crippen molar-refractivity contribution in [2.75, 3.05) is 12.4 Å². The molecule has 0 aliphatic heterocycles. The summed E-state index contributed by atoms with van der Waals surface area (Å²) < 4.78 is 18.3. The van der Waals surface area contributed by atoms with Gasteiger partial charge in [-0.3, -0.25) is 4.79 Å². The van der Waals surface area contributed by atoms with Gasteiger partial charge in [-0.1, -0.05) is 11.6 Å². The summed E-state index contributed by atoms with van der Waals surface area (Å²) in [4.78, 5) is 23.6. The van der Waals surface area contributed by atoms with E-state index in [1.165, 1.54) is 37.4 Å². The summed E-state index contributed by atoms with van der Waals surface area (Å²) in [6.45, 7) is 0. The lowest BCUT2D eigenvalue weighted by molar-refractivity contribution is 0.0600. The van der Waals surface area contributed by atoms with Gasteiger partial charge in [0.1, 0.15) is 5.82 Å². The molecule has 4 nitrogen and oxygen atoms in total. The smallest absolute Gasteiger partial charge is 0.339 e. The quantitative estimate of drug-likeness (QED) is 0.801. The van der Waals surface area contributed by atoms with E-state index in [-0.39, 0.29) is 20.6 Å². The van der Waals surface area contributed by atoms with E-state index in [4.69, 9.17) is 11.6 Å². The van der Waals surface area contributed by atoms with Gasteiger partial charge in [0.25, 0.3) is 5.91 Å². The molecule has 0 saturated carbocycles. The van der Waals surface area contributed by atoms with Gasteiger partial charge in [0.15, 0.2) is 0 Å². The van der Waals surface area contributed by atoms with Crippen LogP contribution in [0.1, 0.15) is 20.7 Å². The van der Waals surface area contributed by atoms with Crippen molar-refractivity contribution < 1.29 is 18.7 Å². The Kier molecular flexibility index (Phi) is 5.15. The Morgan fingerprint density at radius 3 is 2.59 bits per heavy atom. The molecule has 2 aromatic carbocycles. The monoisotopic (exact) mass is 385 g/mol. The topological polar surface area (TPSA) is 55.4 Å². The highest BCUT2D eigenvalue weighted by molar-refractivity contribution is 9.10. The van der Waals surface area contributed by atoms with Crippen LogP contribution >= 0.6 is 27.5 Å². The average molecular weight is 387 g/mol. The SMILES string of the molecule is COC(=O)c1cc(NC(=O)c2ccc(Br)c(F)c2)ccc1Cl. The number of nitrogens with one attached hydrogen (secondary N) is 1. The van der Waals surface area contributed by atoms with Gasteiger partial charge < -0.3 is 10.1 Å². The van der Waals surface area contributed by atoms with E-state index >= 15 is 0 Å². The molecule has 114 valence electrons. The van der Waals surface area contributed by atoms with Crippen molar-refractivity contribution in [3.8, 4) is 0 Å². The molecule has 1 N–H and O–H groups in total. The second-order valence-corrected chi connectivity index (χ2v) is 5.53. The molecule has 0 unspecified atom stereocenters. The number of hydrogen-bond donors (Lipinski definition) is 1. The van der Waals surface area contributed by atoms with Crippen LogP contribution in [0.15, 0.2) is 40.9 Å². The second-order valence-electron chi connectivity index (χ2n) is 4.27. The van der Waals surface area contributed by atoms with Gasteiger partial charge in [0.2, 0.25) is 0 Å². The van der Waals surface area contributed by atoms with Gasteiger partial charge in [0.05, 0.1) is 22.2 Å². The van der Waals surface area contributed by atoms with Crippen molar-refractivity contribution in [2.45, 2.75) is 0 Å². The number of hydrogen-bond acceptors (Lipinski definition) is 3. The maximum absolute atomic E-state index is 13.4. The molecule has 7 heteroatoms. The normalized spacial score (nSPS) is 10.2. The highest BCUT2D eigenvalue weighted by Crippen LogP contribution is 2.22. The molecule has 0 saturated heterocycles. The van der Waals surface area contributed by atoms with Gasteiger partial charge in [-0.25, -0.2) is 9.18 Å². The highest BCUT2D eigenvalue weighted by Gasteiger charge is 2.14. The standard InChI is InChI=1S/C15H10BrClFNO3/c1-22-15(21)10-7-9(3-5-12(10)17)19-14(20)8-2-4-11(16)13(18)6-8/h2-7H,1H3,(H,19,20). The van der Waals surface area contributed by atoms with Gasteiger partial charge in [-0.05, 0) is 52.3 Å². The Hall–Kier alpha value is -1.92. The lowest BCUT2D eigenvalue weighted by Gasteiger charge is -2.08. The Labute approximate surface area is 139 Å². The third-order valence-electron chi connectivity index (χ3n) is 2.81. The third-order valence-corrected chi connectivity index (χ3v) is 3.78. The van der Waals surface area contributed by atoms with E-state index in [0.717, 1.165) is 6.07 Å². The molecule has 0 atom stereocenters. The molecule has 2 aromatic rings. The fraction of sp³-hybridized carbons (Fsp3) is 0.0667. The maximum atomic E-state index is 13.4. The van der Waals surface area contributed by atoms with Gasteiger partial charge in [-0.15, -0.1) is 0 Å². The number of anilines is 1. The summed E-state index contributed by atoms with van der Waals surface area (Å²) in [5, 5.41) is 2.77. The van der Waals surface area contributed by atoms with Crippen molar-refractivity contribution in [2.24, 2.45) is 0 Å². The van der Waals surface area contributed by atoms with Crippen LogP contribution in [-0.2, 0) is 4.74 Å². The molecule has 22 heavy (non-hydrogen) atoms. The number of esters is 1. The van der Waals surface area contributed by atoms with Crippen LogP contribution in [0.5, 0.6) is 0 Å². The van der Waals surface area contributed by atoms with Gasteiger partial charge >= 0.3 is 5.97 Å². The molecular weight excluding hydrogens is 377 g/mol. The van der Waals surface area contributed by atoms with E-state index in [0.29, 0.717) is 5.69 Å². The minimum atomic E-state index is -0.615. The lowest BCUT2D eigenvalue weighted by atomic mass is 10.1. The average Bonchev–Trinajstić information content (AvgIpc) is 2.51. The van der Waals surface area contributed by atoms with Crippen LogP contribution < -0.4 is 5.32 Å². The molecule has 0 spiro atoms. The molecule has 2 rings (SSSR count). The maximum Gasteiger partial charge on any atom is 0.339 e. The summed E-state index contributed by atoms with van der Waals surface area (Å²) in [7, 11) is 1.23. The summed E-state index contributed by atoms with van der Waals surface area (Å²) in [5.74, 6) is -1.67. The second kappa shape index (κ2) is 6.89. The van der Waals surface area contributed by atoms with E-state index < -0.39 is 17.7 Å². The minimum absolute atomic E-state index is 0.129. The number of ether oxygens (including phenoxy) is 1. The molecule has 0 fully saturated rings. The molecule has 0 aromatic heterocycles. The number of benzene rings is 2. The number of rotatable bonds is 3. The van der Waals surface area contributed by atoms with Crippen molar-refractivity contribution >= 4 is 45.1 Å². The molecular formula is C15H10BrClFNO3. The summed E-state index contributed by atoms with van der Waals surface area (Å²) >= 11 is 8.91. The Balaban J connectivity index is 2.24. The van der Waals surface area contributed by atoms with Crippen LogP contribution in [0.4, 0.5) is 10.1 Å². The van der Waals surface area contributed by atoms with Crippen molar-refractivity contribution in [3.05, 3.63) is 62.8 Å². The Bertz CT molecular complexity index is 752. The largest absolute Gasteiger partial charge is 0.465 e. The van der Waals surface area contributed by atoms with E-state index in [2.05, 4.69) is 26.0 Å². The zero-order chi connectivity index (χ0) is 16.3. The first-order valence-electron chi connectivity index (χ1n) is 6.06. The van der Waals surface area contributed by atoms with Crippen LogP contribution in [0, 0.1) is 5.82 Å². The molecule has 0 heterocycles. The summed E-state index contributed by atoms with van der Waals surface area (Å²) in [6.07, 6.45) is 0. The predicted octanol–water partition coefficient (Wildman–Crippen LogP) is 4.28. The highest BCUT2D eigenvalue weighted by atomic mass is 79.9. The number of carbonyl (C=O) groups excluding carboxylic acids is 2. The third kappa shape index (κ3) is 3.64. The number of carbonyl (C=O) groups is 2. The first-order valence-corrected chi connectivity index (χ1v) is 7.23. The van der Waals surface area contributed by atoms with E-state index in [9.17, 15) is 14.0 Å². The van der Waals surface area contributed by atoms with E-state index in [1.807, 2.05) is 0 Å². The van der Waals surface area contributed by atoms with Gasteiger partial charge in [-0.2, -0.15) is 0 Å². The van der Waals surface area contributed by atoms with Gasteiger partial charge in [0, 0.05) is 11.3 Å². The lowest BCUT2D eigenvalue weighted by Crippen LogP contribution is -2.13. The minimum Gasteiger partial charge on any atom is -0.465 e. The predicted molar refractivity (Wildman–Crippen MR) is 84.8 cm³/mol. The summed E-state index contributed by atoms with van der Waals surface area (Å²) in [6, 6.07) is 8.40. The Morgan fingerprint density at radius 2 is 1.95 bits per heavy atom. The van der Waals surface area contributed by atoms with E-state index in [1.54, 1.807) is 0 Å². The zero-order valence-corrected chi connectivity index (χ0v) is 13.7. The van der Waals surface area contributed by atoms with Crippen molar-refractivity contribution in [1.82, 2.24) is 0 Å². The Morgan fingerprint density at radius 1 is 1.23 bits per heavy atom. The molecule has 0 aliphatic carbocycles. The fourth-order valence-corrected chi connectivity index (χ4v) is 2.15. The molecule has 0 aliphatic rings. The number of methoxy groups -OCH3 is 1. The molecule has 0 bridgehead atoms. The number of amides is 1. The van der Waals surface area contributed by atoms with Crippen LogP contribution in [0.2, 0.25) is 5.02 Å². The van der Waals surface area contributed by atoms with Crippen LogP contribution in [0.3, 0.4) is 0 Å². The van der Waals surface area contributed by atoms with Crippen molar-refractivity contribution in [1.29, 1.82) is 0 Å². The number of halogens is 3. The first-order chi connectivity index (χ1) is 10.4. The summed E-state index contributed by atoms with van der Waals surface area (Å²) in [5.41, 5.74) is 0.623. The zero-order valence-electron chi connectivity index (χ0n) is 11.3.